The molecule has 0 bridgehead atoms. The largest absolute Gasteiger partial charge is 0.464 e. The van der Waals surface area contributed by atoms with E-state index in [4.69, 9.17) is 26.8 Å². The zero-order valence-electron chi connectivity index (χ0n) is 17.7. The van der Waals surface area contributed by atoms with Gasteiger partial charge in [-0.3, -0.25) is 9.59 Å². The highest BCUT2D eigenvalue weighted by molar-refractivity contribution is 7.16. The van der Waals surface area contributed by atoms with Crippen LogP contribution in [0.4, 0.5) is 5.69 Å². The maximum absolute atomic E-state index is 12.7. The summed E-state index contributed by atoms with van der Waals surface area (Å²) in [4.78, 5) is 31.1. The van der Waals surface area contributed by atoms with Crippen LogP contribution in [0, 0.1) is 0 Å². The number of halogens is 1. The maximum atomic E-state index is 12.7. The minimum atomic E-state index is -0.655. The molecule has 3 N–H and O–H groups in total. The van der Waals surface area contributed by atoms with E-state index >= 15 is 0 Å². The lowest BCUT2D eigenvalue weighted by Gasteiger charge is -2.31. The first-order valence-corrected chi connectivity index (χ1v) is 11.3. The number of anilines is 1. The Hall–Kier alpha value is -3.28. The van der Waals surface area contributed by atoms with E-state index in [1.165, 1.54) is 13.2 Å². The van der Waals surface area contributed by atoms with Crippen LogP contribution < -0.4 is 20.7 Å². The third kappa shape index (κ3) is 5.05. The van der Waals surface area contributed by atoms with Gasteiger partial charge in [0.25, 0.3) is 17.0 Å². The van der Waals surface area contributed by atoms with E-state index in [1.54, 1.807) is 12.1 Å². The van der Waals surface area contributed by atoms with Gasteiger partial charge in [0, 0.05) is 31.4 Å². The lowest BCUT2D eigenvalue weighted by molar-refractivity contribution is 0.0955. The molecule has 0 aliphatic carbocycles. The molecule has 3 aromatic rings. The van der Waals surface area contributed by atoms with Crippen molar-refractivity contribution in [3.63, 3.8) is 0 Å². The van der Waals surface area contributed by atoms with Crippen LogP contribution in [-0.2, 0) is 11.3 Å². The first kappa shape index (κ1) is 22.9. The number of nitrogens with zero attached hydrogens (tertiary/aromatic N) is 4. The van der Waals surface area contributed by atoms with Gasteiger partial charge in [0.05, 0.1) is 30.0 Å². The summed E-state index contributed by atoms with van der Waals surface area (Å²) in [5, 5.41) is 12.3. The second-order valence-electron chi connectivity index (χ2n) is 7.08. The zero-order chi connectivity index (χ0) is 23.4. The van der Waals surface area contributed by atoms with E-state index in [9.17, 15) is 9.59 Å². The third-order valence-corrected chi connectivity index (χ3v) is 6.09. The molecule has 0 saturated carbocycles. The SMILES string of the molecule is CNC(=O)c1ncc(C(N)=O)c(N2CCOCC2)c1-c1nnc(OCc2ccc(Cl)cc2)s1. The molecule has 2 aromatic heterocycles. The predicted octanol–water partition coefficient (Wildman–Crippen LogP) is 2.13. The number of benzene rings is 1. The van der Waals surface area contributed by atoms with Crippen LogP contribution in [-0.4, -0.2) is 60.3 Å². The standard InChI is InChI=1S/C21H21ClN6O4S/c1-24-19(30)16-15(17(14(10-25-16)18(23)29)28-6-8-31-9-7-28)20-26-27-21(33-20)32-11-12-2-4-13(22)5-3-12/h2-5,10H,6-9,11H2,1H3,(H2,23,29)(H,24,30). The molecule has 1 aliphatic heterocycles. The Balaban J connectivity index is 1.74. The number of nitrogens with two attached hydrogens (primary N) is 1. The number of primary amides is 1. The Morgan fingerprint density at radius 2 is 1.97 bits per heavy atom. The molecule has 4 rings (SSSR count). The smallest absolute Gasteiger partial charge is 0.294 e. The lowest BCUT2D eigenvalue weighted by atomic mass is 10.0. The van der Waals surface area contributed by atoms with Gasteiger partial charge in [0.2, 0.25) is 0 Å². The second-order valence-corrected chi connectivity index (χ2v) is 8.45. The maximum Gasteiger partial charge on any atom is 0.294 e. The van der Waals surface area contributed by atoms with Gasteiger partial charge in [-0.1, -0.05) is 40.2 Å². The predicted molar refractivity (Wildman–Crippen MR) is 124 cm³/mol. The normalized spacial score (nSPS) is 13.6. The summed E-state index contributed by atoms with van der Waals surface area (Å²) < 4.78 is 11.2. The van der Waals surface area contributed by atoms with E-state index in [-0.39, 0.29) is 17.9 Å². The molecule has 10 nitrogen and oxygen atoms in total. The minimum Gasteiger partial charge on any atom is -0.464 e. The number of hydrogen-bond acceptors (Lipinski definition) is 9. The fourth-order valence-corrected chi connectivity index (χ4v) is 4.25. The molecule has 0 unspecified atom stereocenters. The number of nitrogens with one attached hydrogen (secondary N) is 1. The molecule has 33 heavy (non-hydrogen) atoms. The van der Waals surface area contributed by atoms with Crippen LogP contribution in [0.15, 0.2) is 30.5 Å². The van der Waals surface area contributed by atoms with Gasteiger partial charge in [-0.15, -0.1) is 5.10 Å². The fourth-order valence-electron chi connectivity index (χ4n) is 3.39. The van der Waals surface area contributed by atoms with Crippen molar-refractivity contribution in [1.82, 2.24) is 20.5 Å². The van der Waals surface area contributed by atoms with Gasteiger partial charge < -0.3 is 25.4 Å². The third-order valence-electron chi connectivity index (χ3n) is 4.98. The summed E-state index contributed by atoms with van der Waals surface area (Å²) in [5.74, 6) is -1.08. The van der Waals surface area contributed by atoms with Crippen LogP contribution in [0.2, 0.25) is 5.02 Å². The van der Waals surface area contributed by atoms with Crippen LogP contribution in [0.5, 0.6) is 5.19 Å². The Morgan fingerprint density at radius 1 is 1.24 bits per heavy atom. The van der Waals surface area contributed by atoms with E-state index in [0.29, 0.717) is 52.8 Å². The molecule has 172 valence electrons. The van der Waals surface area contributed by atoms with Crippen LogP contribution in [0.25, 0.3) is 10.6 Å². The first-order chi connectivity index (χ1) is 16.0. The zero-order valence-corrected chi connectivity index (χ0v) is 19.3. The summed E-state index contributed by atoms with van der Waals surface area (Å²) in [6.07, 6.45) is 1.32. The van der Waals surface area contributed by atoms with Crippen molar-refractivity contribution >= 4 is 40.4 Å². The fraction of sp³-hybridized carbons (Fsp3) is 0.286. The number of ether oxygens (including phenoxy) is 2. The highest BCUT2D eigenvalue weighted by Crippen LogP contribution is 2.39. The van der Waals surface area contributed by atoms with Crippen molar-refractivity contribution in [2.45, 2.75) is 6.61 Å². The van der Waals surface area contributed by atoms with Crippen molar-refractivity contribution in [3.8, 4) is 15.8 Å². The summed E-state index contributed by atoms with van der Waals surface area (Å²) in [7, 11) is 1.50. The summed E-state index contributed by atoms with van der Waals surface area (Å²) in [6.45, 7) is 2.25. The number of amides is 2. The van der Waals surface area contributed by atoms with E-state index in [2.05, 4.69) is 20.5 Å². The summed E-state index contributed by atoms with van der Waals surface area (Å²) in [5.41, 5.74) is 7.74. The Morgan fingerprint density at radius 3 is 2.64 bits per heavy atom. The number of carbonyl (C=O) groups is 2. The van der Waals surface area contributed by atoms with Crippen molar-refractivity contribution in [2.75, 3.05) is 38.3 Å². The molecular weight excluding hydrogens is 468 g/mol. The number of morpholine rings is 1. The Bertz CT molecular complexity index is 1160. The van der Waals surface area contributed by atoms with Gasteiger partial charge in [-0.05, 0) is 17.7 Å². The van der Waals surface area contributed by atoms with Gasteiger partial charge in [-0.2, -0.15) is 0 Å². The van der Waals surface area contributed by atoms with E-state index in [1.807, 2.05) is 17.0 Å². The molecule has 1 saturated heterocycles. The van der Waals surface area contributed by atoms with Crippen LogP contribution >= 0.6 is 22.9 Å². The summed E-state index contributed by atoms with van der Waals surface area (Å²) >= 11 is 7.07. The topological polar surface area (TPSA) is 133 Å². The molecule has 1 fully saturated rings. The van der Waals surface area contributed by atoms with Crippen LogP contribution in [0.1, 0.15) is 26.4 Å². The number of rotatable bonds is 7. The molecule has 1 aromatic carbocycles. The highest BCUT2D eigenvalue weighted by atomic mass is 35.5. The van der Waals surface area contributed by atoms with Crippen molar-refractivity contribution in [3.05, 3.63) is 52.3 Å². The van der Waals surface area contributed by atoms with Crippen LogP contribution in [0.3, 0.4) is 0 Å². The van der Waals surface area contributed by atoms with Crippen molar-refractivity contribution in [2.24, 2.45) is 5.73 Å². The molecule has 0 atom stereocenters. The van der Waals surface area contributed by atoms with E-state index in [0.717, 1.165) is 16.9 Å². The quantitative estimate of drug-likeness (QED) is 0.516. The number of aromatic nitrogens is 3. The summed E-state index contributed by atoms with van der Waals surface area (Å²) in [6, 6.07) is 7.25. The molecule has 3 heterocycles. The highest BCUT2D eigenvalue weighted by Gasteiger charge is 2.29. The van der Waals surface area contributed by atoms with Gasteiger partial charge in [0.15, 0.2) is 5.01 Å². The van der Waals surface area contributed by atoms with E-state index < -0.39 is 11.8 Å². The number of pyridine rings is 1. The number of carbonyl (C=O) groups excluding carboxylic acids is 2. The molecular formula is C21H21ClN6O4S. The van der Waals surface area contributed by atoms with Crippen molar-refractivity contribution in [1.29, 1.82) is 0 Å². The average Bonchev–Trinajstić information content (AvgIpc) is 3.31. The first-order valence-electron chi connectivity index (χ1n) is 10.1. The monoisotopic (exact) mass is 488 g/mol. The average molecular weight is 489 g/mol. The van der Waals surface area contributed by atoms with Gasteiger partial charge in [-0.25, -0.2) is 4.98 Å². The molecule has 12 heteroatoms. The van der Waals surface area contributed by atoms with Gasteiger partial charge >= 0.3 is 0 Å². The number of hydrogen-bond donors (Lipinski definition) is 2. The minimum absolute atomic E-state index is 0.115. The Kier molecular flexibility index (Phi) is 7.02. The second kappa shape index (κ2) is 10.1. The molecule has 0 spiro atoms. The lowest BCUT2D eigenvalue weighted by Crippen LogP contribution is -2.38. The molecule has 1 aliphatic rings. The van der Waals surface area contributed by atoms with Gasteiger partial charge in [0.1, 0.15) is 12.3 Å². The molecule has 2 amide bonds. The van der Waals surface area contributed by atoms with Crippen molar-refractivity contribution < 1.29 is 19.1 Å². The Labute approximate surface area is 198 Å². The molecule has 0 radical (unpaired) electrons.